The normalized spacial score (nSPS) is 11.8. The number of amides is 1. The first-order valence-electron chi connectivity index (χ1n) is 10.2. The highest BCUT2D eigenvalue weighted by Gasteiger charge is 2.15. The fourth-order valence-corrected chi connectivity index (χ4v) is 4.36. The molecule has 4 aromatic rings. The summed E-state index contributed by atoms with van der Waals surface area (Å²) in [5, 5.41) is 11.3. The molecule has 180 valence electrons. The number of nitrogens with one attached hydrogen (secondary N) is 1. The van der Waals surface area contributed by atoms with Gasteiger partial charge in [0.1, 0.15) is 16.9 Å². The lowest BCUT2D eigenvalue weighted by Crippen LogP contribution is -2.24. The van der Waals surface area contributed by atoms with Crippen molar-refractivity contribution in [2.45, 2.75) is 15.5 Å². The molecule has 0 aliphatic carbocycles. The van der Waals surface area contributed by atoms with Gasteiger partial charge in [-0.3, -0.25) is 4.79 Å². The molecule has 0 bridgehead atoms. The quantitative estimate of drug-likeness (QED) is 0.0489. The molecular weight excluding hydrogens is 490 g/mol. The summed E-state index contributed by atoms with van der Waals surface area (Å²) in [5.74, 6) is -0.00922. The number of hydrogen-bond acceptors (Lipinski definition) is 8. The second-order valence-electron chi connectivity index (χ2n) is 7.02. The smallest absolute Gasteiger partial charge is 0.280 e. The van der Waals surface area contributed by atoms with E-state index in [4.69, 9.17) is 20.5 Å². The molecule has 4 rings (SSSR count). The number of guanidine groups is 1. The zero-order chi connectivity index (χ0) is 24.8. The molecule has 6 N–H and O–H groups in total. The Kier molecular flexibility index (Phi) is 7.90. The predicted molar refractivity (Wildman–Crippen MR) is 134 cm³/mol. The minimum Gasteiger partial charge on any atom is -0.456 e. The highest BCUT2D eigenvalue weighted by atomic mass is 32.2. The molecule has 0 saturated carbocycles. The maximum absolute atomic E-state index is 12.1. The Balaban J connectivity index is 1.47. The first-order chi connectivity index (χ1) is 16.9. The summed E-state index contributed by atoms with van der Waals surface area (Å²) in [5.41, 5.74) is 12.4. The number of aromatic nitrogens is 2. The molecule has 10 nitrogen and oxygen atoms in total. The molecule has 1 heterocycles. The van der Waals surface area contributed by atoms with Gasteiger partial charge in [-0.15, -0.1) is 0 Å². The molecule has 0 aliphatic rings. The van der Waals surface area contributed by atoms with Gasteiger partial charge in [0, 0.05) is 5.56 Å². The van der Waals surface area contributed by atoms with Crippen LogP contribution in [0.2, 0.25) is 0 Å². The Morgan fingerprint density at radius 2 is 1.89 bits per heavy atom. The van der Waals surface area contributed by atoms with E-state index in [1.807, 2.05) is 24.3 Å². The van der Waals surface area contributed by atoms with Gasteiger partial charge in [-0.1, -0.05) is 36.0 Å². The van der Waals surface area contributed by atoms with Crippen LogP contribution in [0.15, 0.2) is 81.8 Å². The number of thioether (sulfide) groups is 1. The van der Waals surface area contributed by atoms with Gasteiger partial charge in [-0.25, -0.2) is 9.87 Å². The summed E-state index contributed by atoms with van der Waals surface area (Å²) in [6, 6.07) is 19.3. The lowest BCUT2D eigenvalue weighted by Gasteiger charge is -2.13. The van der Waals surface area contributed by atoms with Crippen molar-refractivity contribution in [3.8, 4) is 11.5 Å². The molecule has 3 aromatic carbocycles. The number of carbonyl (C=O) groups is 1. The van der Waals surface area contributed by atoms with E-state index in [1.54, 1.807) is 30.3 Å². The Hall–Kier alpha value is -3.55. The third-order valence-electron chi connectivity index (χ3n) is 4.60. The van der Waals surface area contributed by atoms with E-state index >= 15 is 0 Å². The van der Waals surface area contributed by atoms with E-state index in [2.05, 4.69) is 19.8 Å². The topological polar surface area (TPSA) is 158 Å². The second-order valence-corrected chi connectivity index (χ2v) is 8.83. The maximum atomic E-state index is 12.1. The number of aliphatic hydroxyl groups excluding tert-OH is 1. The molecule has 35 heavy (non-hydrogen) atoms. The molecule has 1 aromatic heterocycles. The van der Waals surface area contributed by atoms with Gasteiger partial charge in [0.15, 0.2) is 11.1 Å². The summed E-state index contributed by atoms with van der Waals surface area (Å²) in [6.45, 7) is 0. The Morgan fingerprint density at radius 3 is 2.60 bits per heavy atom. The van der Waals surface area contributed by atoms with Crippen molar-refractivity contribution in [2.75, 3.05) is 7.11 Å². The lowest BCUT2D eigenvalue weighted by atomic mass is 10.2. The largest absolute Gasteiger partial charge is 0.456 e. The molecule has 0 saturated heterocycles. The van der Waals surface area contributed by atoms with Crippen molar-refractivity contribution in [1.29, 1.82) is 0 Å². The SMILES string of the molecule is COOSc1cc(C(=O)N=C(N)N)ccc1Oc1ccc(C(O)Sc2nc3ccccc3[nH]2)cc1. The summed E-state index contributed by atoms with van der Waals surface area (Å²) in [4.78, 5) is 28.4. The number of nitrogens with two attached hydrogens (primary N) is 2. The van der Waals surface area contributed by atoms with Crippen LogP contribution >= 0.6 is 23.8 Å². The van der Waals surface area contributed by atoms with Crippen molar-refractivity contribution < 1.29 is 23.9 Å². The Labute approximate surface area is 208 Å². The van der Waals surface area contributed by atoms with E-state index in [0.717, 1.165) is 23.1 Å². The van der Waals surface area contributed by atoms with E-state index in [-0.39, 0.29) is 11.5 Å². The number of benzene rings is 3. The Morgan fingerprint density at radius 1 is 1.11 bits per heavy atom. The van der Waals surface area contributed by atoms with Crippen LogP contribution in [0.25, 0.3) is 11.0 Å². The minimum absolute atomic E-state index is 0.244. The molecule has 0 radical (unpaired) electrons. The highest BCUT2D eigenvalue weighted by molar-refractivity contribution is 7.99. The summed E-state index contributed by atoms with van der Waals surface area (Å²) in [7, 11) is 1.36. The number of aliphatic hydroxyl groups is 1. The number of fused-ring (bicyclic) bond motifs is 1. The third kappa shape index (κ3) is 6.32. The number of aromatic amines is 1. The second kappa shape index (κ2) is 11.3. The van der Waals surface area contributed by atoms with Crippen LogP contribution in [0.5, 0.6) is 11.5 Å². The summed E-state index contributed by atoms with van der Waals surface area (Å²) >= 11 is 2.07. The molecule has 12 heteroatoms. The van der Waals surface area contributed by atoms with Crippen LogP contribution in [0.4, 0.5) is 0 Å². The molecular formula is C23H21N5O5S2. The number of imidazole rings is 1. The van der Waals surface area contributed by atoms with Gasteiger partial charge in [-0.05, 0) is 48.0 Å². The number of rotatable bonds is 9. The number of hydrogen-bond donors (Lipinski definition) is 4. The first kappa shape index (κ1) is 24.6. The number of para-hydroxylation sites is 2. The van der Waals surface area contributed by atoms with Crippen LogP contribution in [0.3, 0.4) is 0 Å². The summed E-state index contributed by atoms with van der Waals surface area (Å²) in [6.07, 6.45) is 0. The Bertz CT molecular complexity index is 1320. The van der Waals surface area contributed by atoms with Crippen LogP contribution < -0.4 is 16.2 Å². The average molecular weight is 512 g/mol. The van der Waals surface area contributed by atoms with Crippen LogP contribution in [0, 0.1) is 0 Å². The fourth-order valence-electron chi connectivity index (χ4n) is 3.03. The zero-order valence-corrected chi connectivity index (χ0v) is 20.0. The van der Waals surface area contributed by atoms with Gasteiger partial charge >= 0.3 is 0 Å². The molecule has 1 amide bonds. The standard InChI is InChI=1S/C23H21N5O5S2/c1-31-33-35-19-12-14(20(29)28-22(24)25)8-11-18(19)32-15-9-6-13(7-10-15)21(30)34-23-26-16-4-2-3-5-17(16)27-23/h2-12,21,30H,1H3,(H,26,27)(H4,24,25,28,29). The van der Waals surface area contributed by atoms with Crippen molar-refractivity contribution in [3.63, 3.8) is 0 Å². The fraction of sp³-hybridized carbons (Fsp3) is 0.0870. The number of aliphatic imine (C=N–C) groups is 1. The highest BCUT2D eigenvalue weighted by Crippen LogP contribution is 2.36. The molecule has 0 fully saturated rings. The van der Waals surface area contributed by atoms with Gasteiger partial charge in [-0.2, -0.15) is 9.33 Å². The molecule has 0 aliphatic heterocycles. The van der Waals surface area contributed by atoms with Gasteiger partial charge in [0.05, 0.1) is 35.1 Å². The zero-order valence-electron chi connectivity index (χ0n) is 18.4. The van der Waals surface area contributed by atoms with Crippen LogP contribution in [-0.2, 0) is 9.22 Å². The van der Waals surface area contributed by atoms with Gasteiger partial charge in [0.25, 0.3) is 5.91 Å². The average Bonchev–Trinajstić information content (AvgIpc) is 3.25. The van der Waals surface area contributed by atoms with Crippen molar-refractivity contribution in [2.24, 2.45) is 16.5 Å². The van der Waals surface area contributed by atoms with Crippen LogP contribution in [0.1, 0.15) is 21.4 Å². The number of carbonyl (C=O) groups excluding carboxylic acids is 1. The third-order valence-corrected chi connectivity index (χ3v) is 6.21. The number of ether oxygens (including phenoxy) is 1. The number of H-pyrrole nitrogens is 1. The lowest BCUT2D eigenvalue weighted by molar-refractivity contribution is -0.160. The van der Waals surface area contributed by atoms with E-state index < -0.39 is 11.3 Å². The van der Waals surface area contributed by atoms with Gasteiger partial charge < -0.3 is 26.3 Å². The monoisotopic (exact) mass is 511 g/mol. The maximum Gasteiger partial charge on any atom is 0.280 e. The summed E-state index contributed by atoms with van der Waals surface area (Å²) < 4.78 is 10.9. The molecule has 1 unspecified atom stereocenters. The van der Waals surface area contributed by atoms with Crippen molar-refractivity contribution in [1.82, 2.24) is 9.97 Å². The van der Waals surface area contributed by atoms with Crippen molar-refractivity contribution >= 4 is 46.7 Å². The van der Waals surface area contributed by atoms with Gasteiger partial charge in [0.2, 0.25) is 0 Å². The predicted octanol–water partition coefficient (Wildman–Crippen LogP) is 4.14. The first-order valence-corrected chi connectivity index (χ1v) is 11.8. The number of nitrogens with zero attached hydrogens (tertiary/aromatic N) is 2. The molecule has 1 atom stereocenters. The molecule has 0 spiro atoms. The van der Waals surface area contributed by atoms with E-state index in [1.165, 1.54) is 31.0 Å². The van der Waals surface area contributed by atoms with Crippen LogP contribution in [-0.4, -0.2) is 34.1 Å². The van der Waals surface area contributed by atoms with E-state index in [0.29, 0.717) is 27.1 Å². The van der Waals surface area contributed by atoms with E-state index in [9.17, 15) is 9.90 Å². The minimum atomic E-state index is -0.827. The van der Waals surface area contributed by atoms with Crippen molar-refractivity contribution in [3.05, 3.63) is 77.9 Å².